The van der Waals surface area contributed by atoms with E-state index >= 15 is 0 Å². The Balaban J connectivity index is 1.38. The van der Waals surface area contributed by atoms with Crippen LogP contribution in [0.5, 0.6) is 5.75 Å². The monoisotopic (exact) mass is 476 g/mol. The summed E-state index contributed by atoms with van der Waals surface area (Å²) in [5.74, 6) is -3.12. The molecule has 2 aromatic carbocycles. The Kier molecular flexibility index (Phi) is 7.97. The van der Waals surface area contributed by atoms with Gasteiger partial charge in [-0.1, -0.05) is 30.4 Å². The highest BCUT2D eigenvalue weighted by molar-refractivity contribution is 5.52. The summed E-state index contributed by atoms with van der Waals surface area (Å²) in [6.45, 7) is 0.154. The first-order valence-corrected chi connectivity index (χ1v) is 12.2. The maximum absolute atomic E-state index is 14.8. The van der Waals surface area contributed by atoms with Gasteiger partial charge >= 0.3 is 0 Å². The van der Waals surface area contributed by atoms with Crippen LogP contribution in [0.25, 0.3) is 6.08 Å². The molecule has 2 aliphatic carbocycles. The number of benzene rings is 2. The molecule has 0 amide bonds. The van der Waals surface area contributed by atoms with Crippen LogP contribution in [-0.2, 0) is 0 Å². The Morgan fingerprint density at radius 2 is 1.32 bits per heavy atom. The molecule has 0 aromatic heterocycles. The van der Waals surface area contributed by atoms with E-state index in [2.05, 4.69) is 0 Å². The average molecular weight is 477 g/mol. The molecule has 6 heteroatoms. The molecule has 0 aliphatic heterocycles. The van der Waals surface area contributed by atoms with Crippen molar-refractivity contribution in [2.45, 2.75) is 63.2 Å². The fourth-order valence-corrected chi connectivity index (χ4v) is 5.56. The molecule has 4 rings (SSSR count). The maximum Gasteiger partial charge on any atom is 0.200 e. The smallest absolute Gasteiger partial charge is 0.200 e. The minimum atomic E-state index is -0.954. The van der Waals surface area contributed by atoms with E-state index in [4.69, 9.17) is 4.74 Å². The van der Waals surface area contributed by atoms with Crippen molar-refractivity contribution in [1.82, 2.24) is 0 Å². The van der Waals surface area contributed by atoms with Gasteiger partial charge < -0.3 is 9.84 Å². The standard InChI is InChI=1S/C28H32F4O2/c1-34-24-15-14-23(27(31)28(24)32)19-7-2-17(3-8-19)4-11-21-12-13-22(26(30)25(21)29)20-9-5-18(16-33)6-10-20/h4,11-15,17-20,33H,2-3,5-10,16H2,1H3/b11-4+. The zero-order chi connectivity index (χ0) is 24.2. The van der Waals surface area contributed by atoms with E-state index in [0.717, 1.165) is 38.5 Å². The van der Waals surface area contributed by atoms with Crippen LogP contribution in [0.2, 0.25) is 0 Å². The molecule has 34 heavy (non-hydrogen) atoms. The number of hydrogen-bond donors (Lipinski definition) is 1. The molecule has 2 fully saturated rings. The lowest BCUT2D eigenvalue weighted by Crippen LogP contribution is -2.17. The fraction of sp³-hybridized carbons (Fsp3) is 0.500. The van der Waals surface area contributed by atoms with Gasteiger partial charge in [0.05, 0.1) is 7.11 Å². The fourth-order valence-electron chi connectivity index (χ4n) is 5.56. The minimum Gasteiger partial charge on any atom is -0.494 e. The SMILES string of the molecule is COc1ccc(C2CCC(/C=C/c3ccc(C4CCC(CO)CC4)c(F)c3F)CC2)c(F)c1F. The highest BCUT2D eigenvalue weighted by atomic mass is 19.2. The van der Waals surface area contributed by atoms with Gasteiger partial charge in [0.1, 0.15) is 0 Å². The molecule has 0 radical (unpaired) electrons. The predicted octanol–water partition coefficient (Wildman–Crippen LogP) is 7.50. The number of hydrogen-bond acceptors (Lipinski definition) is 2. The number of ether oxygens (including phenoxy) is 1. The molecule has 2 saturated carbocycles. The lowest BCUT2D eigenvalue weighted by Gasteiger charge is -2.28. The summed E-state index contributed by atoms with van der Waals surface area (Å²) in [5.41, 5.74) is 1.04. The van der Waals surface area contributed by atoms with Gasteiger partial charge in [-0.3, -0.25) is 0 Å². The average Bonchev–Trinajstić information content (AvgIpc) is 2.87. The van der Waals surface area contributed by atoms with Crippen molar-refractivity contribution < 1.29 is 27.4 Å². The maximum atomic E-state index is 14.8. The van der Waals surface area contributed by atoms with Crippen molar-refractivity contribution in [1.29, 1.82) is 0 Å². The van der Waals surface area contributed by atoms with Crippen LogP contribution in [0.4, 0.5) is 17.6 Å². The second-order valence-corrected chi connectivity index (χ2v) is 9.73. The Morgan fingerprint density at radius 1 is 0.765 bits per heavy atom. The van der Waals surface area contributed by atoms with Crippen LogP contribution in [0.1, 0.15) is 79.9 Å². The van der Waals surface area contributed by atoms with Crippen LogP contribution in [-0.4, -0.2) is 18.8 Å². The molecule has 0 heterocycles. The summed E-state index contributed by atoms with van der Waals surface area (Å²) in [5, 5.41) is 9.29. The molecule has 0 spiro atoms. The summed E-state index contributed by atoms with van der Waals surface area (Å²) < 4.78 is 62.9. The molecule has 2 aromatic rings. The van der Waals surface area contributed by atoms with Gasteiger partial charge in [0.15, 0.2) is 23.2 Å². The second-order valence-electron chi connectivity index (χ2n) is 9.73. The predicted molar refractivity (Wildman–Crippen MR) is 125 cm³/mol. The Labute approximate surface area is 198 Å². The third kappa shape index (κ3) is 5.17. The van der Waals surface area contributed by atoms with E-state index in [-0.39, 0.29) is 41.6 Å². The van der Waals surface area contributed by atoms with Crippen molar-refractivity contribution in [2.75, 3.05) is 13.7 Å². The van der Waals surface area contributed by atoms with Gasteiger partial charge in [0.25, 0.3) is 0 Å². The number of halogens is 4. The molecule has 0 atom stereocenters. The number of rotatable bonds is 6. The molecule has 1 N–H and O–H groups in total. The summed E-state index contributed by atoms with van der Waals surface area (Å²) in [4.78, 5) is 0. The Hall–Kier alpha value is -2.34. The first-order valence-electron chi connectivity index (χ1n) is 12.2. The lowest BCUT2D eigenvalue weighted by molar-refractivity contribution is 0.181. The number of aliphatic hydroxyl groups excluding tert-OH is 1. The van der Waals surface area contributed by atoms with E-state index < -0.39 is 23.3 Å². The van der Waals surface area contributed by atoms with Crippen molar-refractivity contribution in [3.8, 4) is 5.75 Å². The minimum absolute atomic E-state index is 0.00575. The van der Waals surface area contributed by atoms with E-state index in [1.54, 1.807) is 24.3 Å². The topological polar surface area (TPSA) is 29.5 Å². The Morgan fingerprint density at radius 3 is 1.91 bits per heavy atom. The molecule has 0 bridgehead atoms. The lowest BCUT2D eigenvalue weighted by atomic mass is 9.78. The summed E-state index contributed by atoms with van der Waals surface area (Å²) >= 11 is 0. The van der Waals surface area contributed by atoms with Crippen molar-refractivity contribution in [2.24, 2.45) is 11.8 Å². The summed E-state index contributed by atoms with van der Waals surface area (Å²) in [6, 6.07) is 6.39. The zero-order valence-electron chi connectivity index (χ0n) is 19.5. The van der Waals surface area contributed by atoms with Crippen molar-refractivity contribution in [3.63, 3.8) is 0 Å². The Bertz CT molecular complexity index is 1020. The molecular weight excluding hydrogens is 444 g/mol. The van der Waals surface area contributed by atoms with Gasteiger partial charge in [-0.25, -0.2) is 13.2 Å². The molecule has 2 nitrogen and oxygen atoms in total. The normalized spacial score (nSPS) is 25.6. The third-order valence-corrected chi connectivity index (χ3v) is 7.74. The molecule has 0 saturated heterocycles. The molecule has 2 aliphatic rings. The highest BCUT2D eigenvalue weighted by Crippen LogP contribution is 2.40. The van der Waals surface area contributed by atoms with Crippen LogP contribution in [0, 0.1) is 35.1 Å². The largest absolute Gasteiger partial charge is 0.494 e. The molecular formula is C28H32F4O2. The first-order chi connectivity index (χ1) is 16.4. The third-order valence-electron chi connectivity index (χ3n) is 7.74. The summed E-state index contributed by atoms with van der Waals surface area (Å²) in [6.07, 6.45) is 9.67. The molecule has 0 unspecified atom stereocenters. The zero-order valence-corrected chi connectivity index (χ0v) is 19.5. The van der Waals surface area contributed by atoms with Crippen LogP contribution in [0.15, 0.2) is 30.3 Å². The number of methoxy groups -OCH3 is 1. The van der Waals surface area contributed by atoms with E-state index in [1.165, 1.54) is 13.2 Å². The molecule has 184 valence electrons. The van der Waals surface area contributed by atoms with Crippen LogP contribution in [0.3, 0.4) is 0 Å². The first kappa shape index (κ1) is 24.8. The highest BCUT2D eigenvalue weighted by Gasteiger charge is 2.27. The number of allylic oxidation sites excluding steroid dienone is 1. The van der Waals surface area contributed by atoms with Gasteiger partial charge in [-0.05, 0) is 92.2 Å². The van der Waals surface area contributed by atoms with Gasteiger partial charge in [0.2, 0.25) is 5.82 Å². The van der Waals surface area contributed by atoms with Crippen molar-refractivity contribution in [3.05, 3.63) is 70.3 Å². The van der Waals surface area contributed by atoms with E-state index in [0.29, 0.717) is 24.0 Å². The van der Waals surface area contributed by atoms with Crippen molar-refractivity contribution >= 4 is 6.08 Å². The van der Waals surface area contributed by atoms with Gasteiger partial charge in [-0.15, -0.1) is 0 Å². The van der Waals surface area contributed by atoms with Gasteiger partial charge in [-0.2, -0.15) is 4.39 Å². The van der Waals surface area contributed by atoms with E-state index in [9.17, 15) is 22.7 Å². The van der Waals surface area contributed by atoms with Crippen LogP contribution >= 0.6 is 0 Å². The summed E-state index contributed by atoms with van der Waals surface area (Å²) in [7, 11) is 1.31. The van der Waals surface area contributed by atoms with E-state index in [1.807, 2.05) is 6.08 Å². The quantitative estimate of drug-likeness (QED) is 0.437. The number of aliphatic hydroxyl groups is 1. The van der Waals surface area contributed by atoms with Crippen LogP contribution < -0.4 is 4.74 Å². The van der Waals surface area contributed by atoms with Gasteiger partial charge in [0, 0.05) is 12.2 Å². The second kappa shape index (κ2) is 10.9.